The number of carbonyl (C=O) groups excluding carboxylic acids is 1. The van der Waals surface area contributed by atoms with Gasteiger partial charge in [-0.1, -0.05) is 19.6 Å². The zero-order valence-electron chi connectivity index (χ0n) is 12.8. The van der Waals surface area contributed by atoms with Gasteiger partial charge >= 0.3 is 6.01 Å². The van der Waals surface area contributed by atoms with Gasteiger partial charge in [0.05, 0.1) is 0 Å². The van der Waals surface area contributed by atoms with Crippen molar-refractivity contribution < 1.29 is 9.22 Å². The fraction of sp³-hybridized carbons (Fsp3) is 0.583. The summed E-state index contributed by atoms with van der Waals surface area (Å²) in [6.45, 7) is 14.1. The van der Waals surface area contributed by atoms with E-state index in [4.69, 9.17) is 4.43 Å². The summed E-state index contributed by atoms with van der Waals surface area (Å²) >= 11 is 0. The van der Waals surface area contributed by atoms with Crippen molar-refractivity contribution in [2.75, 3.05) is 4.57 Å². The molecule has 7 heteroatoms. The molecule has 0 aliphatic carbocycles. The van der Waals surface area contributed by atoms with Gasteiger partial charge in [0.2, 0.25) is 14.2 Å². The molecule has 1 aromatic heterocycles. The highest BCUT2D eigenvalue weighted by molar-refractivity contribution is 6.82. The van der Waals surface area contributed by atoms with Crippen molar-refractivity contribution in [2.24, 2.45) is 0 Å². The topological polar surface area (TPSA) is 55.3 Å². The van der Waals surface area contributed by atoms with Gasteiger partial charge in [0.15, 0.2) is 8.24 Å². The van der Waals surface area contributed by atoms with Gasteiger partial charge in [-0.15, -0.1) is 0 Å². The molecule has 1 heterocycles. The molecule has 0 fully saturated rings. The number of anilines is 1. The molecule has 0 aliphatic heterocycles. The average Bonchev–Trinajstić information content (AvgIpc) is 2.11. The Morgan fingerprint density at radius 1 is 1.21 bits per heavy atom. The van der Waals surface area contributed by atoms with Crippen molar-refractivity contribution in [3.8, 4) is 6.01 Å². The maximum atomic E-state index is 11.9. The van der Waals surface area contributed by atoms with Crippen LogP contribution in [0.3, 0.4) is 0 Å². The van der Waals surface area contributed by atoms with Crippen LogP contribution in [0, 0.1) is 0 Å². The minimum Gasteiger partial charge on any atom is -0.518 e. The van der Waals surface area contributed by atoms with Crippen LogP contribution in [-0.4, -0.2) is 32.4 Å². The van der Waals surface area contributed by atoms with Gasteiger partial charge in [-0.05, 0) is 25.7 Å². The maximum Gasteiger partial charge on any atom is 0.304 e. The van der Waals surface area contributed by atoms with E-state index in [1.807, 2.05) is 0 Å². The molecule has 0 aliphatic rings. The SMILES string of the molecule is CC(=O)N(c1ccnc(O[Si](C)(C)C)n1)[Si](C)(C)C. The quantitative estimate of drug-likeness (QED) is 0.802. The molecule has 0 N–H and O–H groups in total. The van der Waals surface area contributed by atoms with Crippen molar-refractivity contribution in [2.45, 2.75) is 46.2 Å². The summed E-state index contributed by atoms with van der Waals surface area (Å²) in [5.41, 5.74) is 0. The Hall–Kier alpha value is -1.22. The van der Waals surface area contributed by atoms with E-state index in [9.17, 15) is 4.79 Å². The molecule has 0 bridgehead atoms. The first-order valence-electron chi connectivity index (χ1n) is 6.33. The second kappa shape index (κ2) is 5.42. The molecule has 0 unspecified atom stereocenters. The Kier molecular flexibility index (Phi) is 4.52. The largest absolute Gasteiger partial charge is 0.518 e. The lowest BCUT2D eigenvalue weighted by Crippen LogP contribution is -2.49. The van der Waals surface area contributed by atoms with Crippen LogP contribution in [0.2, 0.25) is 39.3 Å². The van der Waals surface area contributed by atoms with Crippen LogP contribution in [0.4, 0.5) is 5.82 Å². The van der Waals surface area contributed by atoms with Crippen LogP contribution in [-0.2, 0) is 4.79 Å². The van der Waals surface area contributed by atoms with Crippen molar-refractivity contribution in [1.82, 2.24) is 9.97 Å². The Bertz CT molecular complexity index is 467. The predicted molar refractivity (Wildman–Crippen MR) is 82.5 cm³/mol. The standard InChI is InChI=1S/C12H23N3O2Si2/c1-10(16)15(18(2,3)4)11-8-9-13-12(14-11)17-19(5,6)7/h8-9H,1-7H3. The van der Waals surface area contributed by atoms with Gasteiger partial charge in [0.1, 0.15) is 5.82 Å². The third-order valence-electron chi connectivity index (χ3n) is 2.23. The highest BCUT2D eigenvalue weighted by Crippen LogP contribution is 2.21. The number of hydrogen-bond acceptors (Lipinski definition) is 4. The summed E-state index contributed by atoms with van der Waals surface area (Å²) in [6, 6.07) is 2.12. The zero-order valence-corrected chi connectivity index (χ0v) is 14.8. The second-order valence-electron chi connectivity index (χ2n) is 6.44. The van der Waals surface area contributed by atoms with Crippen LogP contribution in [0.25, 0.3) is 0 Å². The normalized spacial score (nSPS) is 12.2. The van der Waals surface area contributed by atoms with Gasteiger partial charge in [0, 0.05) is 13.1 Å². The Balaban J connectivity index is 3.13. The summed E-state index contributed by atoms with van der Waals surface area (Å²) in [4.78, 5) is 20.4. The highest BCUT2D eigenvalue weighted by atomic mass is 28.4. The summed E-state index contributed by atoms with van der Waals surface area (Å²) in [6.07, 6.45) is 1.65. The van der Waals surface area contributed by atoms with Gasteiger partial charge in [-0.25, -0.2) is 4.98 Å². The van der Waals surface area contributed by atoms with E-state index < -0.39 is 16.6 Å². The van der Waals surface area contributed by atoms with Crippen LogP contribution >= 0.6 is 0 Å². The zero-order chi connectivity index (χ0) is 14.8. The Morgan fingerprint density at radius 3 is 2.21 bits per heavy atom. The minimum atomic E-state index is -1.82. The number of amides is 1. The Morgan fingerprint density at radius 2 is 1.79 bits per heavy atom. The highest BCUT2D eigenvalue weighted by Gasteiger charge is 2.29. The van der Waals surface area contributed by atoms with Gasteiger partial charge in [-0.2, -0.15) is 4.98 Å². The first-order chi connectivity index (χ1) is 8.50. The molecule has 1 aromatic rings. The van der Waals surface area contributed by atoms with E-state index in [-0.39, 0.29) is 5.91 Å². The van der Waals surface area contributed by atoms with Crippen molar-refractivity contribution >= 4 is 28.3 Å². The lowest BCUT2D eigenvalue weighted by molar-refractivity contribution is -0.115. The van der Waals surface area contributed by atoms with Crippen molar-refractivity contribution in [3.05, 3.63) is 12.3 Å². The van der Waals surface area contributed by atoms with E-state index >= 15 is 0 Å². The average molecular weight is 298 g/mol. The fourth-order valence-corrected chi connectivity index (χ4v) is 4.16. The second-order valence-corrected chi connectivity index (χ2v) is 15.7. The van der Waals surface area contributed by atoms with Crippen LogP contribution in [0.5, 0.6) is 6.01 Å². The minimum absolute atomic E-state index is 0.0109. The molecule has 0 saturated heterocycles. The molecule has 5 nitrogen and oxygen atoms in total. The first kappa shape index (κ1) is 15.8. The number of aromatic nitrogens is 2. The molecule has 0 spiro atoms. The number of carbonyl (C=O) groups is 1. The molecular formula is C12H23N3O2Si2. The van der Waals surface area contributed by atoms with E-state index in [0.717, 1.165) is 0 Å². The van der Waals surface area contributed by atoms with E-state index in [2.05, 4.69) is 49.3 Å². The summed E-state index contributed by atoms with van der Waals surface area (Å²) in [7, 11) is -3.57. The molecule has 0 aromatic carbocycles. The van der Waals surface area contributed by atoms with Gasteiger partial charge in [0.25, 0.3) is 0 Å². The van der Waals surface area contributed by atoms with Gasteiger partial charge in [-0.3, -0.25) is 4.79 Å². The molecule has 0 radical (unpaired) electrons. The van der Waals surface area contributed by atoms with Crippen molar-refractivity contribution in [3.63, 3.8) is 0 Å². The predicted octanol–water partition coefficient (Wildman–Crippen LogP) is 2.88. The smallest absolute Gasteiger partial charge is 0.304 e. The van der Waals surface area contributed by atoms with E-state index in [1.165, 1.54) is 0 Å². The summed E-state index contributed by atoms with van der Waals surface area (Å²) in [5.74, 6) is 0.645. The number of hydrogen-bond donors (Lipinski definition) is 0. The van der Waals surface area contributed by atoms with E-state index in [1.54, 1.807) is 23.8 Å². The fourth-order valence-electron chi connectivity index (χ4n) is 1.76. The number of rotatable bonds is 4. The molecule has 0 saturated carbocycles. The molecular weight excluding hydrogens is 274 g/mol. The van der Waals surface area contributed by atoms with Crippen LogP contribution < -0.4 is 8.99 Å². The molecule has 1 rings (SSSR count). The Labute approximate surface area is 117 Å². The van der Waals surface area contributed by atoms with Crippen LogP contribution in [0.1, 0.15) is 6.92 Å². The maximum absolute atomic E-state index is 11.9. The molecule has 19 heavy (non-hydrogen) atoms. The summed E-state index contributed by atoms with van der Waals surface area (Å²) in [5, 5.41) is 0. The third-order valence-corrected chi connectivity index (χ3v) is 4.91. The monoisotopic (exact) mass is 297 g/mol. The molecule has 106 valence electrons. The third kappa shape index (κ3) is 4.75. The molecule has 1 amide bonds. The van der Waals surface area contributed by atoms with E-state index in [0.29, 0.717) is 11.8 Å². The number of nitrogens with zero attached hydrogens (tertiary/aromatic N) is 3. The van der Waals surface area contributed by atoms with Crippen LogP contribution in [0.15, 0.2) is 12.3 Å². The van der Waals surface area contributed by atoms with Crippen molar-refractivity contribution in [1.29, 1.82) is 0 Å². The summed E-state index contributed by atoms with van der Waals surface area (Å²) < 4.78 is 7.56. The lowest BCUT2D eigenvalue weighted by atomic mass is 10.5. The molecule has 0 atom stereocenters. The first-order valence-corrected chi connectivity index (χ1v) is 13.2. The lowest BCUT2D eigenvalue weighted by Gasteiger charge is -2.32. The van der Waals surface area contributed by atoms with Gasteiger partial charge < -0.3 is 8.99 Å².